The van der Waals surface area contributed by atoms with E-state index >= 15 is 0 Å². The van der Waals surface area contributed by atoms with Crippen molar-refractivity contribution in [2.45, 2.75) is 32.6 Å². The van der Waals surface area contributed by atoms with Gasteiger partial charge in [-0.1, -0.05) is 38.1 Å². The highest BCUT2D eigenvalue weighted by Gasteiger charge is 2.31. The molecule has 8 heteroatoms. The van der Waals surface area contributed by atoms with Gasteiger partial charge in [-0.2, -0.15) is 5.26 Å². The van der Waals surface area contributed by atoms with Crippen LogP contribution < -0.4 is 29.4 Å². The number of hydrogen-bond donors (Lipinski definition) is 1. The van der Waals surface area contributed by atoms with E-state index in [-0.39, 0.29) is 17.9 Å². The molecular formula is C31H32N2O6. The summed E-state index contributed by atoms with van der Waals surface area (Å²) >= 11 is 0. The number of allylic oxidation sites excluding steroid dienone is 1. The topological polar surface area (TPSA) is 113 Å². The van der Waals surface area contributed by atoms with Crippen molar-refractivity contribution in [2.75, 3.05) is 20.8 Å². The number of benzene rings is 3. The fourth-order valence-electron chi connectivity index (χ4n) is 4.31. The molecule has 0 saturated carbocycles. The molecule has 39 heavy (non-hydrogen) atoms. The number of methoxy groups -OCH3 is 2. The average Bonchev–Trinajstić information content (AvgIpc) is 2.92. The highest BCUT2D eigenvalue weighted by atomic mass is 16.5. The zero-order chi connectivity index (χ0) is 27.9. The SMILES string of the molecule is COc1ccc(CC(=O)Oc2ccc3c(c2)OC(N)=C(C#N)C3c2ccc(OCCC(C)C)c(OC)c2)cc1. The van der Waals surface area contributed by atoms with Crippen molar-refractivity contribution >= 4 is 5.97 Å². The monoisotopic (exact) mass is 528 g/mol. The number of ether oxygens (including phenoxy) is 5. The summed E-state index contributed by atoms with van der Waals surface area (Å²) in [6.07, 6.45) is 1.01. The second-order valence-electron chi connectivity index (χ2n) is 9.56. The van der Waals surface area contributed by atoms with E-state index in [2.05, 4.69) is 19.9 Å². The van der Waals surface area contributed by atoms with Crippen molar-refractivity contribution < 1.29 is 28.5 Å². The smallest absolute Gasteiger partial charge is 0.315 e. The van der Waals surface area contributed by atoms with E-state index < -0.39 is 11.9 Å². The maximum Gasteiger partial charge on any atom is 0.315 e. The van der Waals surface area contributed by atoms with Gasteiger partial charge in [-0.05, 0) is 53.8 Å². The van der Waals surface area contributed by atoms with E-state index in [4.69, 9.17) is 29.4 Å². The summed E-state index contributed by atoms with van der Waals surface area (Å²) in [7, 11) is 3.16. The summed E-state index contributed by atoms with van der Waals surface area (Å²) in [4.78, 5) is 12.6. The summed E-state index contributed by atoms with van der Waals surface area (Å²) in [6, 6.07) is 20.0. The van der Waals surface area contributed by atoms with Gasteiger partial charge in [0, 0.05) is 11.6 Å². The lowest BCUT2D eigenvalue weighted by atomic mass is 9.83. The standard InChI is InChI=1S/C31H32N2O6/c1-19(2)13-14-37-26-12-7-21(16-28(26)36-4)30-24-11-10-23(17-27(24)39-31(33)25(30)18-32)38-29(34)15-20-5-8-22(35-3)9-6-20/h5-12,16-17,19,30H,13-15,33H2,1-4H3. The zero-order valence-corrected chi connectivity index (χ0v) is 22.5. The third-order valence-corrected chi connectivity index (χ3v) is 6.40. The van der Waals surface area contributed by atoms with Gasteiger partial charge in [0.1, 0.15) is 28.9 Å². The molecule has 0 saturated heterocycles. The third kappa shape index (κ3) is 6.44. The summed E-state index contributed by atoms with van der Waals surface area (Å²) in [5, 5.41) is 9.91. The van der Waals surface area contributed by atoms with Crippen LogP contribution in [-0.4, -0.2) is 26.8 Å². The molecule has 1 unspecified atom stereocenters. The number of esters is 1. The quantitative estimate of drug-likeness (QED) is 0.271. The molecule has 0 amide bonds. The fourth-order valence-corrected chi connectivity index (χ4v) is 4.31. The molecule has 0 bridgehead atoms. The van der Waals surface area contributed by atoms with Gasteiger partial charge in [-0.25, -0.2) is 0 Å². The van der Waals surface area contributed by atoms with Crippen LogP contribution in [0.4, 0.5) is 0 Å². The lowest BCUT2D eigenvalue weighted by Gasteiger charge is -2.27. The predicted octanol–water partition coefficient (Wildman–Crippen LogP) is 5.49. The largest absolute Gasteiger partial charge is 0.497 e. The Morgan fingerprint density at radius 1 is 1.00 bits per heavy atom. The van der Waals surface area contributed by atoms with Gasteiger partial charge in [-0.15, -0.1) is 0 Å². The van der Waals surface area contributed by atoms with E-state index in [0.29, 0.717) is 46.8 Å². The number of carbonyl (C=O) groups excluding carboxylic acids is 1. The fraction of sp³-hybridized carbons (Fsp3) is 0.290. The Morgan fingerprint density at radius 3 is 2.41 bits per heavy atom. The van der Waals surface area contributed by atoms with Crippen LogP contribution in [0, 0.1) is 17.2 Å². The number of nitrogens with zero attached hydrogens (tertiary/aromatic N) is 1. The molecule has 1 atom stereocenters. The average molecular weight is 529 g/mol. The van der Waals surface area contributed by atoms with Crippen molar-refractivity contribution in [3.8, 4) is 34.8 Å². The third-order valence-electron chi connectivity index (χ3n) is 6.40. The Balaban J connectivity index is 1.57. The van der Waals surface area contributed by atoms with Gasteiger partial charge in [-0.3, -0.25) is 4.79 Å². The molecule has 1 heterocycles. The maximum absolute atomic E-state index is 12.6. The van der Waals surface area contributed by atoms with Crippen LogP contribution in [0.25, 0.3) is 0 Å². The van der Waals surface area contributed by atoms with Crippen molar-refractivity contribution in [3.05, 3.63) is 88.8 Å². The predicted molar refractivity (Wildman–Crippen MR) is 146 cm³/mol. The molecule has 202 valence electrons. The Labute approximate surface area is 228 Å². The molecule has 0 radical (unpaired) electrons. The van der Waals surface area contributed by atoms with E-state index in [1.54, 1.807) is 44.6 Å². The minimum atomic E-state index is -0.499. The van der Waals surface area contributed by atoms with Gasteiger partial charge in [0.2, 0.25) is 5.88 Å². The first-order valence-corrected chi connectivity index (χ1v) is 12.7. The second kappa shape index (κ2) is 12.3. The van der Waals surface area contributed by atoms with E-state index in [1.807, 2.05) is 30.3 Å². The number of fused-ring (bicyclic) bond motifs is 1. The Bertz CT molecular complexity index is 1410. The normalized spacial score (nSPS) is 14.2. The van der Waals surface area contributed by atoms with E-state index in [9.17, 15) is 10.1 Å². The van der Waals surface area contributed by atoms with Crippen LogP contribution in [0.15, 0.2) is 72.1 Å². The molecule has 3 aromatic carbocycles. The number of carbonyl (C=O) groups is 1. The van der Waals surface area contributed by atoms with Crippen LogP contribution in [0.3, 0.4) is 0 Å². The van der Waals surface area contributed by atoms with Gasteiger partial charge in [0.05, 0.1) is 33.2 Å². The van der Waals surface area contributed by atoms with Crippen LogP contribution in [-0.2, 0) is 11.2 Å². The Morgan fingerprint density at radius 2 is 1.74 bits per heavy atom. The van der Waals surface area contributed by atoms with Crippen LogP contribution >= 0.6 is 0 Å². The molecule has 2 N–H and O–H groups in total. The molecule has 8 nitrogen and oxygen atoms in total. The highest BCUT2D eigenvalue weighted by molar-refractivity contribution is 5.75. The summed E-state index contributed by atoms with van der Waals surface area (Å²) in [6.45, 7) is 4.85. The summed E-state index contributed by atoms with van der Waals surface area (Å²) in [5.74, 6) is 2.20. The van der Waals surface area contributed by atoms with Crippen LogP contribution in [0.5, 0.6) is 28.7 Å². The second-order valence-corrected chi connectivity index (χ2v) is 9.56. The highest BCUT2D eigenvalue weighted by Crippen LogP contribution is 2.45. The molecule has 1 aliphatic rings. The molecule has 1 aliphatic heterocycles. The molecule has 0 fully saturated rings. The lowest BCUT2D eigenvalue weighted by Crippen LogP contribution is -2.21. The molecule has 3 aromatic rings. The summed E-state index contributed by atoms with van der Waals surface area (Å²) in [5.41, 5.74) is 8.74. The van der Waals surface area contributed by atoms with Crippen molar-refractivity contribution in [1.82, 2.24) is 0 Å². The van der Waals surface area contributed by atoms with Crippen molar-refractivity contribution in [3.63, 3.8) is 0 Å². The minimum absolute atomic E-state index is 0.00654. The number of nitriles is 1. The van der Waals surface area contributed by atoms with Gasteiger partial charge in [0.25, 0.3) is 0 Å². The van der Waals surface area contributed by atoms with Crippen molar-refractivity contribution in [1.29, 1.82) is 5.26 Å². The van der Waals surface area contributed by atoms with Gasteiger partial charge >= 0.3 is 5.97 Å². The Kier molecular flexibility index (Phi) is 8.62. The maximum atomic E-state index is 12.6. The number of nitrogens with two attached hydrogens (primary N) is 1. The zero-order valence-electron chi connectivity index (χ0n) is 22.5. The number of hydrogen-bond acceptors (Lipinski definition) is 8. The molecule has 4 rings (SSSR count). The minimum Gasteiger partial charge on any atom is -0.497 e. The Hall–Kier alpha value is -4.64. The van der Waals surface area contributed by atoms with E-state index in [1.165, 1.54) is 0 Å². The van der Waals surface area contributed by atoms with Gasteiger partial charge < -0.3 is 29.4 Å². The van der Waals surface area contributed by atoms with Crippen molar-refractivity contribution in [2.24, 2.45) is 11.7 Å². The van der Waals surface area contributed by atoms with Crippen LogP contribution in [0.2, 0.25) is 0 Å². The van der Waals surface area contributed by atoms with Crippen LogP contribution in [0.1, 0.15) is 42.9 Å². The molecule has 0 aliphatic carbocycles. The first-order valence-electron chi connectivity index (χ1n) is 12.7. The first-order chi connectivity index (χ1) is 18.8. The lowest BCUT2D eigenvalue weighted by molar-refractivity contribution is -0.133. The first kappa shape index (κ1) is 27.4. The molecular weight excluding hydrogens is 496 g/mol. The van der Waals surface area contributed by atoms with E-state index in [0.717, 1.165) is 17.5 Å². The number of rotatable bonds is 10. The van der Waals surface area contributed by atoms with Gasteiger partial charge in [0.15, 0.2) is 11.5 Å². The molecule has 0 aromatic heterocycles. The molecule has 0 spiro atoms. The summed E-state index contributed by atoms with van der Waals surface area (Å²) < 4.78 is 28.0.